The molecule has 0 unspecified atom stereocenters. The van der Waals surface area contributed by atoms with Crippen molar-refractivity contribution in [1.29, 1.82) is 0 Å². The van der Waals surface area contributed by atoms with Crippen molar-refractivity contribution in [3.63, 3.8) is 0 Å². The third-order valence-corrected chi connectivity index (χ3v) is 2.69. The van der Waals surface area contributed by atoms with Crippen LogP contribution in [0.15, 0.2) is 0 Å². The Bertz CT molecular complexity index is 327. The molecule has 0 amide bonds. The maximum Gasteiger partial charge on any atom is 0.182 e. The van der Waals surface area contributed by atoms with Crippen LogP contribution in [0.3, 0.4) is 0 Å². The number of carbonyl (C=O) groups excluding carboxylic acids is 1. The molecule has 0 N–H and O–H groups in total. The molecule has 1 aromatic rings. The van der Waals surface area contributed by atoms with E-state index in [-0.39, 0.29) is 11.7 Å². The predicted molar refractivity (Wildman–Crippen MR) is 49.5 cm³/mol. The second-order valence-electron chi connectivity index (χ2n) is 3.82. The van der Waals surface area contributed by atoms with Crippen LogP contribution < -0.4 is 0 Å². The third kappa shape index (κ3) is 1.97. The summed E-state index contributed by atoms with van der Waals surface area (Å²) in [6.07, 6.45) is 4.80. The number of tetrazole rings is 1. The fraction of sp³-hybridized carbons (Fsp3) is 0.778. The molecule has 0 spiro atoms. The minimum absolute atomic E-state index is 0.249. The molecule has 0 radical (unpaired) electrons. The highest BCUT2D eigenvalue weighted by molar-refractivity contribution is 5.82. The van der Waals surface area contributed by atoms with Gasteiger partial charge in [0.1, 0.15) is 5.78 Å². The summed E-state index contributed by atoms with van der Waals surface area (Å²) in [6, 6.07) is 0. The molecule has 5 nitrogen and oxygen atoms in total. The zero-order valence-corrected chi connectivity index (χ0v) is 8.31. The van der Waals surface area contributed by atoms with Crippen LogP contribution in [-0.2, 0) is 18.3 Å². The number of aromatic nitrogens is 4. The van der Waals surface area contributed by atoms with Gasteiger partial charge in [0.2, 0.25) is 0 Å². The lowest BCUT2D eigenvalue weighted by Crippen LogP contribution is -2.14. The van der Waals surface area contributed by atoms with Gasteiger partial charge in [0.05, 0.1) is 13.5 Å². The highest BCUT2D eigenvalue weighted by Crippen LogP contribution is 2.26. The first-order valence-corrected chi connectivity index (χ1v) is 5.01. The molecule has 1 fully saturated rings. The molecule has 0 aliphatic heterocycles. The smallest absolute Gasteiger partial charge is 0.182 e. The molecule has 5 heteroatoms. The summed E-state index contributed by atoms with van der Waals surface area (Å²) in [7, 11) is 1.70. The van der Waals surface area contributed by atoms with Crippen LogP contribution in [0, 0.1) is 5.92 Å². The number of aryl methyl sites for hydroxylation is 1. The lowest BCUT2D eigenvalue weighted by atomic mass is 10.0. The van der Waals surface area contributed by atoms with Crippen LogP contribution in [0.5, 0.6) is 0 Å². The molecule has 2 rings (SSSR count). The van der Waals surface area contributed by atoms with Crippen molar-refractivity contribution >= 4 is 5.78 Å². The molecule has 0 saturated heterocycles. The molecule has 1 heterocycles. The average Bonchev–Trinajstić information content (AvgIpc) is 2.75. The van der Waals surface area contributed by atoms with Gasteiger partial charge >= 0.3 is 0 Å². The van der Waals surface area contributed by atoms with E-state index in [1.54, 1.807) is 7.05 Å². The summed E-state index contributed by atoms with van der Waals surface area (Å²) in [5.74, 6) is 1.07. The Morgan fingerprint density at radius 1 is 1.50 bits per heavy atom. The number of rotatable bonds is 3. The fourth-order valence-corrected chi connectivity index (χ4v) is 1.94. The quantitative estimate of drug-likeness (QED) is 0.703. The minimum Gasteiger partial charge on any atom is -0.299 e. The van der Waals surface area contributed by atoms with Gasteiger partial charge in [-0.2, -0.15) is 4.80 Å². The molecule has 0 aromatic carbocycles. The Kier molecular flexibility index (Phi) is 2.56. The Morgan fingerprint density at radius 2 is 2.21 bits per heavy atom. The van der Waals surface area contributed by atoms with Gasteiger partial charge in [0, 0.05) is 5.92 Å². The van der Waals surface area contributed by atoms with E-state index in [0.29, 0.717) is 12.2 Å². The topological polar surface area (TPSA) is 60.7 Å². The lowest BCUT2D eigenvalue weighted by molar-refractivity contribution is -0.122. The monoisotopic (exact) mass is 194 g/mol. The summed E-state index contributed by atoms with van der Waals surface area (Å²) >= 11 is 0. The molecule has 1 saturated carbocycles. The first-order chi connectivity index (χ1) is 6.75. The summed E-state index contributed by atoms with van der Waals surface area (Å²) in [4.78, 5) is 13.1. The van der Waals surface area contributed by atoms with Crippen molar-refractivity contribution in [1.82, 2.24) is 20.2 Å². The number of ketones is 1. The zero-order chi connectivity index (χ0) is 9.97. The molecule has 0 bridgehead atoms. The van der Waals surface area contributed by atoms with Crippen molar-refractivity contribution in [3.05, 3.63) is 5.82 Å². The van der Waals surface area contributed by atoms with E-state index < -0.39 is 0 Å². The van der Waals surface area contributed by atoms with Gasteiger partial charge in [-0.3, -0.25) is 4.79 Å². The second kappa shape index (κ2) is 3.86. The molecule has 76 valence electrons. The van der Waals surface area contributed by atoms with Crippen LogP contribution in [0.1, 0.15) is 31.5 Å². The summed E-state index contributed by atoms with van der Waals surface area (Å²) in [5.41, 5.74) is 0. The zero-order valence-electron chi connectivity index (χ0n) is 8.31. The van der Waals surface area contributed by atoms with E-state index in [1.807, 2.05) is 0 Å². The van der Waals surface area contributed by atoms with Crippen molar-refractivity contribution in [2.24, 2.45) is 13.0 Å². The van der Waals surface area contributed by atoms with Gasteiger partial charge in [-0.25, -0.2) is 0 Å². The molecule has 14 heavy (non-hydrogen) atoms. The minimum atomic E-state index is 0.249. The van der Waals surface area contributed by atoms with Crippen molar-refractivity contribution in [2.75, 3.05) is 0 Å². The number of nitrogens with zero attached hydrogens (tertiary/aromatic N) is 4. The Labute approximate surface area is 82.5 Å². The molecule has 1 aromatic heterocycles. The summed E-state index contributed by atoms with van der Waals surface area (Å²) in [6.45, 7) is 0. The third-order valence-electron chi connectivity index (χ3n) is 2.69. The fourth-order valence-electron chi connectivity index (χ4n) is 1.94. The van der Waals surface area contributed by atoms with Crippen LogP contribution in [0.4, 0.5) is 0 Å². The number of Topliss-reactive ketones (excluding diaryl/α,β-unsaturated/α-hetero) is 1. The summed E-state index contributed by atoms with van der Waals surface area (Å²) in [5, 5.41) is 11.5. The van der Waals surface area contributed by atoms with Gasteiger partial charge in [-0.05, 0) is 18.1 Å². The lowest BCUT2D eigenvalue weighted by Gasteiger charge is -2.04. The number of hydrogen-bond acceptors (Lipinski definition) is 4. The van der Waals surface area contributed by atoms with Crippen LogP contribution in [-0.4, -0.2) is 26.0 Å². The van der Waals surface area contributed by atoms with E-state index >= 15 is 0 Å². The van der Waals surface area contributed by atoms with Crippen LogP contribution >= 0.6 is 0 Å². The van der Waals surface area contributed by atoms with Crippen molar-refractivity contribution in [2.45, 2.75) is 32.1 Å². The van der Waals surface area contributed by atoms with E-state index in [1.165, 1.54) is 17.6 Å². The van der Waals surface area contributed by atoms with Gasteiger partial charge < -0.3 is 0 Å². The maximum absolute atomic E-state index is 11.7. The largest absolute Gasteiger partial charge is 0.299 e. The van der Waals surface area contributed by atoms with E-state index in [0.717, 1.165) is 12.8 Å². The van der Waals surface area contributed by atoms with Crippen LogP contribution in [0.2, 0.25) is 0 Å². The normalized spacial score (nSPS) is 17.5. The highest BCUT2D eigenvalue weighted by atomic mass is 16.1. The molecular formula is C9H14N4O. The average molecular weight is 194 g/mol. The molecule has 1 aliphatic carbocycles. The second-order valence-corrected chi connectivity index (χ2v) is 3.82. The van der Waals surface area contributed by atoms with Crippen LogP contribution in [0.25, 0.3) is 0 Å². The molecule has 0 atom stereocenters. The van der Waals surface area contributed by atoms with Crippen molar-refractivity contribution in [3.8, 4) is 0 Å². The first-order valence-electron chi connectivity index (χ1n) is 5.01. The standard InChI is InChI=1S/C9H14N4O/c1-13-11-9(10-12-13)6-8(14)7-4-2-3-5-7/h7H,2-6H2,1H3. The van der Waals surface area contributed by atoms with Gasteiger partial charge in [0.15, 0.2) is 5.82 Å². The Hall–Kier alpha value is -1.26. The molecular weight excluding hydrogens is 180 g/mol. The Balaban J connectivity index is 1.93. The molecule has 1 aliphatic rings. The first kappa shape index (κ1) is 9.30. The van der Waals surface area contributed by atoms with Crippen molar-refractivity contribution < 1.29 is 4.79 Å². The van der Waals surface area contributed by atoms with Gasteiger partial charge in [0.25, 0.3) is 0 Å². The Morgan fingerprint density at radius 3 is 2.79 bits per heavy atom. The summed E-state index contributed by atoms with van der Waals surface area (Å²) < 4.78 is 0. The number of carbonyl (C=O) groups is 1. The van der Waals surface area contributed by atoms with Gasteiger partial charge in [-0.15, -0.1) is 10.2 Å². The van der Waals surface area contributed by atoms with Gasteiger partial charge in [-0.1, -0.05) is 12.8 Å². The number of hydrogen-bond donors (Lipinski definition) is 0. The van der Waals surface area contributed by atoms with E-state index in [4.69, 9.17) is 0 Å². The van der Waals surface area contributed by atoms with E-state index in [9.17, 15) is 4.79 Å². The maximum atomic E-state index is 11.7. The predicted octanol–water partition coefficient (Wildman–Crippen LogP) is 0.512. The SMILES string of the molecule is Cn1nnc(CC(=O)C2CCCC2)n1. The highest BCUT2D eigenvalue weighted by Gasteiger charge is 2.23. The van der Waals surface area contributed by atoms with E-state index in [2.05, 4.69) is 15.4 Å².